The molecule has 18 heavy (non-hydrogen) atoms. The molecule has 1 N–H and O–H groups in total. The SMILES string of the molecule is CNC(c1cnn(C)c1C)c1ncccc1OC. The lowest BCUT2D eigenvalue weighted by atomic mass is 10.0. The minimum Gasteiger partial charge on any atom is -0.495 e. The van der Waals surface area contributed by atoms with Crippen molar-refractivity contribution in [3.63, 3.8) is 0 Å². The van der Waals surface area contributed by atoms with Crippen LogP contribution in [-0.4, -0.2) is 28.9 Å². The third-order valence-electron chi connectivity index (χ3n) is 3.17. The first-order chi connectivity index (χ1) is 8.69. The molecule has 2 aromatic heterocycles. The Hall–Kier alpha value is -1.88. The van der Waals surface area contributed by atoms with Crippen LogP contribution < -0.4 is 10.1 Å². The van der Waals surface area contributed by atoms with Gasteiger partial charge in [-0.1, -0.05) is 0 Å². The molecule has 0 spiro atoms. The maximum atomic E-state index is 5.37. The summed E-state index contributed by atoms with van der Waals surface area (Å²) in [5, 5.41) is 7.54. The van der Waals surface area contributed by atoms with Crippen molar-refractivity contribution < 1.29 is 4.74 Å². The standard InChI is InChI=1S/C13H18N4O/c1-9-10(8-16-17(9)3)12(14-2)13-11(18-4)6-5-7-15-13/h5-8,12,14H,1-4H3. The van der Waals surface area contributed by atoms with E-state index in [2.05, 4.69) is 15.4 Å². The summed E-state index contributed by atoms with van der Waals surface area (Å²) in [7, 11) is 5.50. The Kier molecular flexibility index (Phi) is 3.62. The van der Waals surface area contributed by atoms with Gasteiger partial charge < -0.3 is 10.1 Å². The first-order valence-corrected chi connectivity index (χ1v) is 5.83. The molecule has 1 unspecified atom stereocenters. The van der Waals surface area contributed by atoms with Crippen molar-refractivity contribution in [1.82, 2.24) is 20.1 Å². The molecule has 0 aliphatic rings. The highest BCUT2D eigenvalue weighted by molar-refractivity contribution is 5.37. The Labute approximate surface area is 107 Å². The number of pyridine rings is 1. The lowest BCUT2D eigenvalue weighted by Gasteiger charge is -2.17. The van der Waals surface area contributed by atoms with Gasteiger partial charge in [-0.2, -0.15) is 5.10 Å². The van der Waals surface area contributed by atoms with Crippen LogP contribution in [0.15, 0.2) is 24.5 Å². The molecule has 0 amide bonds. The number of methoxy groups -OCH3 is 1. The average molecular weight is 246 g/mol. The summed E-state index contributed by atoms with van der Waals surface area (Å²) in [5.41, 5.74) is 3.10. The third kappa shape index (κ3) is 2.09. The van der Waals surface area contributed by atoms with Crippen molar-refractivity contribution in [1.29, 1.82) is 0 Å². The summed E-state index contributed by atoms with van der Waals surface area (Å²) in [5.74, 6) is 0.778. The zero-order valence-electron chi connectivity index (χ0n) is 11.1. The van der Waals surface area contributed by atoms with E-state index in [4.69, 9.17) is 4.74 Å². The molecule has 2 heterocycles. The van der Waals surface area contributed by atoms with Gasteiger partial charge in [-0.25, -0.2) is 0 Å². The summed E-state index contributed by atoms with van der Waals surface area (Å²) in [6.45, 7) is 2.04. The second kappa shape index (κ2) is 5.18. The lowest BCUT2D eigenvalue weighted by Crippen LogP contribution is -2.20. The van der Waals surface area contributed by atoms with Gasteiger partial charge in [-0.3, -0.25) is 9.67 Å². The molecule has 0 saturated heterocycles. The highest BCUT2D eigenvalue weighted by Gasteiger charge is 2.21. The molecule has 5 heteroatoms. The van der Waals surface area contributed by atoms with Crippen LogP contribution in [0.25, 0.3) is 0 Å². The molecule has 0 aliphatic heterocycles. The van der Waals surface area contributed by atoms with Crippen molar-refractivity contribution in [2.75, 3.05) is 14.2 Å². The Balaban J connectivity index is 2.48. The Morgan fingerprint density at radius 1 is 1.44 bits per heavy atom. The zero-order valence-corrected chi connectivity index (χ0v) is 11.1. The summed E-state index contributed by atoms with van der Waals surface area (Å²) in [4.78, 5) is 4.42. The van der Waals surface area contributed by atoms with E-state index in [9.17, 15) is 0 Å². The highest BCUT2D eigenvalue weighted by Crippen LogP contribution is 2.28. The van der Waals surface area contributed by atoms with Gasteiger partial charge in [-0.05, 0) is 26.1 Å². The minimum absolute atomic E-state index is 0.0187. The van der Waals surface area contributed by atoms with Crippen LogP contribution in [0.4, 0.5) is 0 Å². The molecule has 96 valence electrons. The molecule has 0 radical (unpaired) electrons. The molecular weight excluding hydrogens is 228 g/mol. The number of rotatable bonds is 4. The van der Waals surface area contributed by atoms with Crippen LogP contribution in [-0.2, 0) is 7.05 Å². The smallest absolute Gasteiger partial charge is 0.142 e. The van der Waals surface area contributed by atoms with E-state index in [1.807, 2.05) is 44.0 Å². The van der Waals surface area contributed by atoms with E-state index in [1.54, 1.807) is 13.3 Å². The van der Waals surface area contributed by atoms with E-state index in [1.165, 1.54) is 0 Å². The van der Waals surface area contributed by atoms with Crippen LogP contribution in [0.3, 0.4) is 0 Å². The van der Waals surface area contributed by atoms with Crippen LogP contribution in [0, 0.1) is 6.92 Å². The van der Waals surface area contributed by atoms with Crippen LogP contribution >= 0.6 is 0 Å². The molecule has 2 rings (SSSR count). The average Bonchev–Trinajstić information content (AvgIpc) is 2.73. The number of aromatic nitrogens is 3. The second-order valence-corrected chi connectivity index (χ2v) is 4.12. The lowest BCUT2D eigenvalue weighted by molar-refractivity contribution is 0.401. The van der Waals surface area contributed by atoms with Gasteiger partial charge >= 0.3 is 0 Å². The van der Waals surface area contributed by atoms with E-state index in [0.29, 0.717) is 0 Å². The summed E-state index contributed by atoms with van der Waals surface area (Å²) in [6, 6.07) is 3.76. The predicted octanol–water partition coefficient (Wildman–Crippen LogP) is 1.44. The zero-order chi connectivity index (χ0) is 13.1. The fourth-order valence-electron chi connectivity index (χ4n) is 2.03. The summed E-state index contributed by atoms with van der Waals surface area (Å²) >= 11 is 0. The van der Waals surface area contributed by atoms with Crippen LogP contribution in [0.1, 0.15) is 23.0 Å². The van der Waals surface area contributed by atoms with Gasteiger partial charge in [-0.15, -0.1) is 0 Å². The van der Waals surface area contributed by atoms with Crippen molar-refractivity contribution in [3.05, 3.63) is 41.5 Å². The van der Waals surface area contributed by atoms with Crippen molar-refractivity contribution in [2.45, 2.75) is 13.0 Å². The molecular formula is C13H18N4O. The normalized spacial score (nSPS) is 12.4. The fourth-order valence-corrected chi connectivity index (χ4v) is 2.03. The van der Waals surface area contributed by atoms with Gasteiger partial charge in [0.25, 0.3) is 0 Å². The predicted molar refractivity (Wildman–Crippen MR) is 69.6 cm³/mol. The monoisotopic (exact) mass is 246 g/mol. The van der Waals surface area contributed by atoms with E-state index in [0.717, 1.165) is 22.7 Å². The van der Waals surface area contributed by atoms with Crippen LogP contribution in [0.5, 0.6) is 5.75 Å². The van der Waals surface area contributed by atoms with Crippen molar-refractivity contribution >= 4 is 0 Å². The van der Waals surface area contributed by atoms with Gasteiger partial charge in [0, 0.05) is 24.5 Å². The van der Waals surface area contributed by atoms with E-state index < -0.39 is 0 Å². The number of nitrogens with one attached hydrogen (secondary N) is 1. The topological polar surface area (TPSA) is 52.0 Å². The molecule has 0 saturated carbocycles. The van der Waals surface area contributed by atoms with Gasteiger partial charge in [0.15, 0.2) is 0 Å². The maximum absolute atomic E-state index is 5.37. The molecule has 0 bridgehead atoms. The maximum Gasteiger partial charge on any atom is 0.142 e. The quantitative estimate of drug-likeness (QED) is 0.887. The molecule has 0 aliphatic carbocycles. The fraction of sp³-hybridized carbons (Fsp3) is 0.385. The Bertz CT molecular complexity index is 536. The van der Waals surface area contributed by atoms with E-state index >= 15 is 0 Å². The van der Waals surface area contributed by atoms with Crippen molar-refractivity contribution in [3.8, 4) is 5.75 Å². The van der Waals surface area contributed by atoms with Gasteiger partial charge in [0.2, 0.25) is 0 Å². The minimum atomic E-state index is -0.0187. The van der Waals surface area contributed by atoms with E-state index in [-0.39, 0.29) is 6.04 Å². The largest absolute Gasteiger partial charge is 0.495 e. The highest BCUT2D eigenvalue weighted by atomic mass is 16.5. The second-order valence-electron chi connectivity index (χ2n) is 4.12. The molecule has 1 atom stereocenters. The summed E-state index contributed by atoms with van der Waals surface area (Å²) < 4.78 is 7.22. The van der Waals surface area contributed by atoms with Gasteiger partial charge in [0.05, 0.1) is 19.3 Å². The molecule has 2 aromatic rings. The number of aryl methyl sites for hydroxylation is 1. The Morgan fingerprint density at radius 2 is 2.22 bits per heavy atom. The van der Waals surface area contributed by atoms with Crippen molar-refractivity contribution in [2.24, 2.45) is 7.05 Å². The summed E-state index contributed by atoms with van der Waals surface area (Å²) in [6.07, 6.45) is 3.64. The molecule has 0 fully saturated rings. The molecule has 5 nitrogen and oxygen atoms in total. The first-order valence-electron chi connectivity index (χ1n) is 5.83. The number of hydrogen-bond acceptors (Lipinski definition) is 4. The van der Waals surface area contributed by atoms with Crippen LogP contribution in [0.2, 0.25) is 0 Å². The Morgan fingerprint density at radius 3 is 2.78 bits per heavy atom. The van der Waals surface area contributed by atoms with Gasteiger partial charge in [0.1, 0.15) is 11.4 Å². The number of ether oxygens (including phenoxy) is 1. The number of nitrogens with zero attached hydrogens (tertiary/aromatic N) is 3. The number of hydrogen-bond donors (Lipinski definition) is 1. The first kappa shape index (κ1) is 12.6. The third-order valence-corrected chi connectivity index (χ3v) is 3.17. The molecule has 0 aromatic carbocycles.